The molecule has 5 N–H and O–H groups in total. The van der Waals surface area contributed by atoms with Crippen LogP contribution in [0.25, 0.3) is 0 Å². The molecule has 0 unspecified atom stereocenters. The van der Waals surface area contributed by atoms with Crippen molar-refractivity contribution < 1.29 is 4.79 Å². The van der Waals surface area contributed by atoms with E-state index in [2.05, 4.69) is 22.2 Å². The number of carbonyl (C=O) groups excluding carboxylic acids is 1. The molecule has 0 aliphatic carbocycles. The summed E-state index contributed by atoms with van der Waals surface area (Å²) in [7, 11) is 0. The summed E-state index contributed by atoms with van der Waals surface area (Å²) in [5.41, 5.74) is 10.9. The molecule has 0 aromatic carbocycles. The van der Waals surface area contributed by atoms with Gasteiger partial charge in [-0.05, 0) is 20.3 Å². The average molecular weight is 266 g/mol. The van der Waals surface area contributed by atoms with Gasteiger partial charge >= 0.3 is 0 Å². The van der Waals surface area contributed by atoms with Crippen LogP contribution in [0.5, 0.6) is 0 Å². The number of rotatable bonds is 7. The highest BCUT2D eigenvalue weighted by Crippen LogP contribution is 2.19. The predicted octanol–water partition coefficient (Wildman–Crippen LogP) is 0.581. The van der Waals surface area contributed by atoms with Gasteiger partial charge in [0.2, 0.25) is 11.9 Å². The number of aromatic nitrogens is 2. The molecule has 1 amide bonds. The largest absolute Gasteiger partial charge is 0.370 e. The van der Waals surface area contributed by atoms with Crippen molar-refractivity contribution in [2.24, 2.45) is 5.73 Å². The van der Waals surface area contributed by atoms with Crippen LogP contribution in [0.2, 0.25) is 0 Å². The van der Waals surface area contributed by atoms with Gasteiger partial charge in [0, 0.05) is 18.7 Å². The van der Waals surface area contributed by atoms with E-state index >= 15 is 0 Å². The van der Waals surface area contributed by atoms with Crippen molar-refractivity contribution in [1.29, 1.82) is 0 Å². The van der Waals surface area contributed by atoms with E-state index in [4.69, 9.17) is 11.5 Å². The lowest BCUT2D eigenvalue weighted by molar-refractivity contribution is -0.116. The molecule has 0 atom stereocenters. The lowest BCUT2D eigenvalue weighted by Gasteiger charge is -2.26. The smallest absolute Gasteiger partial charge is 0.237 e. The minimum atomic E-state index is -0.408. The van der Waals surface area contributed by atoms with Crippen molar-refractivity contribution in [2.75, 3.05) is 29.0 Å². The zero-order valence-corrected chi connectivity index (χ0v) is 11.7. The standard InChI is InChI=1S/C12H22N6O/c1-4-5-15-10-6-11(17-12(14)16-10)18(8(2)3)7-9(13)19/h6,8H,4-5,7H2,1-3H3,(H2,13,19)(H3,14,15,16,17). The van der Waals surface area contributed by atoms with Crippen LogP contribution in [0.15, 0.2) is 6.07 Å². The van der Waals surface area contributed by atoms with Gasteiger partial charge in [0.25, 0.3) is 0 Å². The molecule has 1 aromatic heterocycles. The molecule has 0 spiro atoms. The summed E-state index contributed by atoms with van der Waals surface area (Å²) in [6, 6.07) is 1.86. The monoisotopic (exact) mass is 266 g/mol. The lowest BCUT2D eigenvalue weighted by Crippen LogP contribution is -2.39. The quantitative estimate of drug-likeness (QED) is 0.666. The van der Waals surface area contributed by atoms with E-state index in [1.807, 2.05) is 13.8 Å². The number of nitrogen functional groups attached to an aromatic ring is 1. The summed E-state index contributed by atoms with van der Waals surface area (Å²) in [6.07, 6.45) is 0.981. The second-order valence-corrected chi connectivity index (χ2v) is 4.58. The van der Waals surface area contributed by atoms with Crippen LogP contribution in [0, 0.1) is 0 Å². The van der Waals surface area contributed by atoms with Crippen LogP contribution in [0.4, 0.5) is 17.6 Å². The van der Waals surface area contributed by atoms with Gasteiger partial charge in [0.05, 0.1) is 6.54 Å². The van der Waals surface area contributed by atoms with E-state index < -0.39 is 5.91 Å². The molecule has 106 valence electrons. The first kappa shape index (κ1) is 15.0. The van der Waals surface area contributed by atoms with Gasteiger partial charge in [0.15, 0.2) is 0 Å². The van der Waals surface area contributed by atoms with E-state index in [1.54, 1.807) is 11.0 Å². The van der Waals surface area contributed by atoms with Crippen LogP contribution < -0.4 is 21.7 Å². The normalized spacial score (nSPS) is 10.5. The highest BCUT2D eigenvalue weighted by atomic mass is 16.1. The fourth-order valence-corrected chi connectivity index (χ4v) is 1.64. The Morgan fingerprint density at radius 1 is 1.47 bits per heavy atom. The summed E-state index contributed by atoms with van der Waals surface area (Å²) in [4.78, 5) is 21.2. The lowest BCUT2D eigenvalue weighted by atomic mass is 10.3. The summed E-state index contributed by atoms with van der Waals surface area (Å²) >= 11 is 0. The number of nitrogens with two attached hydrogens (primary N) is 2. The number of carbonyl (C=O) groups is 1. The molecule has 0 aliphatic rings. The minimum absolute atomic E-state index is 0.0841. The van der Waals surface area contributed by atoms with Gasteiger partial charge in [-0.3, -0.25) is 4.79 Å². The highest BCUT2D eigenvalue weighted by Gasteiger charge is 2.16. The van der Waals surface area contributed by atoms with Crippen LogP contribution in [0.3, 0.4) is 0 Å². The van der Waals surface area contributed by atoms with Crippen LogP contribution in [-0.4, -0.2) is 35.0 Å². The summed E-state index contributed by atoms with van der Waals surface area (Å²) in [6.45, 7) is 6.88. The zero-order chi connectivity index (χ0) is 14.4. The Labute approximate surface area is 113 Å². The van der Waals surface area contributed by atoms with E-state index in [1.165, 1.54) is 0 Å². The molecule has 1 heterocycles. The van der Waals surface area contributed by atoms with Gasteiger partial charge in [-0.15, -0.1) is 0 Å². The first-order chi connectivity index (χ1) is 8.93. The third-order valence-corrected chi connectivity index (χ3v) is 2.53. The van der Waals surface area contributed by atoms with Crippen LogP contribution in [-0.2, 0) is 4.79 Å². The molecule has 7 heteroatoms. The van der Waals surface area contributed by atoms with Crippen LogP contribution in [0.1, 0.15) is 27.2 Å². The molecule has 19 heavy (non-hydrogen) atoms. The third kappa shape index (κ3) is 4.61. The molecule has 0 fully saturated rings. The molecule has 0 saturated heterocycles. The second-order valence-electron chi connectivity index (χ2n) is 4.58. The first-order valence-electron chi connectivity index (χ1n) is 6.37. The zero-order valence-electron chi connectivity index (χ0n) is 11.7. The third-order valence-electron chi connectivity index (χ3n) is 2.53. The Hall–Kier alpha value is -2.05. The van der Waals surface area contributed by atoms with Crippen molar-refractivity contribution >= 4 is 23.5 Å². The Balaban J connectivity index is 3.01. The number of anilines is 3. The van der Waals surface area contributed by atoms with Crippen molar-refractivity contribution in [3.63, 3.8) is 0 Å². The molecular weight excluding hydrogens is 244 g/mol. The predicted molar refractivity (Wildman–Crippen MR) is 76.9 cm³/mol. The number of amides is 1. The Morgan fingerprint density at radius 2 is 2.16 bits per heavy atom. The van der Waals surface area contributed by atoms with Crippen molar-refractivity contribution in [3.8, 4) is 0 Å². The maximum atomic E-state index is 11.1. The molecule has 0 saturated carbocycles. The van der Waals surface area contributed by atoms with E-state index in [0.717, 1.165) is 13.0 Å². The minimum Gasteiger partial charge on any atom is -0.370 e. The number of hydrogen-bond donors (Lipinski definition) is 3. The maximum absolute atomic E-state index is 11.1. The Kier molecular flexibility index (Phi) is 5.35. The number of primary amides is 1. The average Bonchev–Trinajstić information content (AvgIpc) is 2.32. The number of nitrogens with one attached hydrogen (secondary N) is 1. The van der Waals surface area contributed by atoms with E-state index in [0.29, 0.717) is 11.6 Å². The number of nitrogens with zero attached hydrogens (tertiary/aromatic N) is 3. The molecule has 0 aliphatic heterocycles. The molecule has 1 aromatic rings. The highest BCUT2D eigenvalue weighted by molar-refractivity contribution is 5.79. The van der Waals surface area contributed by atoms with Crippen LogP contribution >= 0.6 is 0 Å². The van der Waals surface area contributed by atoms with E-state index in [9.17, 15) is 4.79 Å². The molecule has 0 radical (unpaired) electrons. The van der Waals surface area contributed by atoms with Gasteiger partial charge in [0.1, 0.15) is 11.6 Å². The molecule has 7 nitrogen and oxygen atoms in total. The Morgan fingerprint density at radius 3 is 2.68 bits per heavy atom. The van der Waals surface area contributed by atoms with Gasteiger partial charge in [-0.2, -0.15) is 9.97 Å². The molecular formula is C12H22N6O. The van der Waals surface area contributed by atoms with Gasteiger partial charge in [-0.1, -0.05) is 6.92 Å². The van der Waals surface area contributed by atoms with Gasteiger partial charge in [-0.25, -0.2) is 0 Å². The summed E-state index contributed by atoms with van der Waals surface area (Å²) in [5, 5.41) is 3.15. The van der Waals surface area contributed by atoms with Crippen molar-refractivity contribution in [2.45, 2.75) is 33.2 Å². The van der Waals surface area contributed by atoms with E-state index in [-0.39, 0.29) is 18.5 Å². The topological polar surface area (TPSA) is 110 Å². The molecule has 1 rings (SSSR count). The fraction of sp³-hybridized carbons (Fsp3) is 0.583. The summed E-state index contributed by atoms with van der Waals surface area (Å²) < 4.78 is 0. The Bertz CT molecular complexity index is 434. The fourth-order valence-electron chi connectivity index (χ4n) is 1.64. The second kappa shape index (κ2) is 6.77. The first-order valence-corrected chi connectivity index (χ1v) is 6.37. The number of hydrogen-bond acceptors (Lipinski definition) is 6. The maximum Gasteiger partial charge on any atom is 0.237 e. The summed E-state index contributed by atoms with van der Waals surface area (Å²) in [5.74, 6) is 1.01. The van der Waals surface area contributed by atoms with Crippen molar-refractivity contribution in [3.05, 3.63) is 6.07 Å². The SMILES string of the molecule is CCCNc1cc(N(CC(N)=O)C(C)C)nc(N)n1. The van der Waals surface area contributed by atoms with Gasteiger partial charge < -0.3 is 21.7 Å². The molecule has 0 bridgehead atoms. The van der Waals surface area contributed by atoms with Crippen molar-refractivity contribution in [1.82, 2.24) is 9.97 Å².